The Morgan fingerprint density at radius 3 is 1.04 bits per heavy atom. The number of hydrogen-bond donors (Lipinski definition) is 0. The van der Waals surface area contributed by atoms with Crippen molar-refractivity contribution in [2.45, 2.75) is 194 Å². The molecule has 0 radical (unpaired) electrons. The highest BCUT2D eigenvalue weighted by atomic mass is 79.9. The molecule has 0 unspecified atom stereocenters. The van der Waals surface area contributed by atoms with Crippen LogP contribution in [0.3, 0.4) is 0 Å². The summed E-state index contributed by atoms with van der Waals surface area (Å²) >= 11 is 0. The van der Waals surface area contributed by atoms with Crippen LogP contribution in [0.1, 0.15) is 194 Å². The van der Waals surface area contributed by atoms with Gasteiger partial charge in [-0.2, -0.15) is 0 Å². The first kappa shape index (κ1) is 59.1. The van der Waals surface area contributed by atoms with Gasteiger partial charge in [-0.05, 0) is 44.9 Å². The van der Waals surface area contributed by atoms with E-state index in [0.717, 1.165) is 94.7 Å². The highest BCUT2D eigenvalue weighted by Crippen LogP contribution is 2.15. The van der Waals surface area contributed by atoms with Gasteiger partial charge in [0.25, 0.3) is 0 Å². The van der Waals surface area contributed by atoms with E-state index in [1.807, 2.05) is 14.1 Å². The minimum Gasteiger partial charge on any atom is -1.00 e. The predicted octanol–water partition coefficient (Wildman–Crippen LogP) is 4.20. The van der Waals surface area contributed by atoms with E-state index in [1.165, 1.54) is 110 Å². The van der Waals surface area contributed by atoms with E-state index in [-0.39, 0.29) is 57.8 Å². The first-order chi connectivity index (χ1) is 25.8. The lowest BCUT2D eigenvalue weighted by Gasteiger charge is -2.29. The Bertz CT molecular complexity index is 952. The number of esters is 3. The zero-order chi connectivity index (χ0) is 40.2. The minimum atomic E-state index is -0.230. The van der Waals surface area contributed by atoms with Crippen LogP contribution in [0.25, 0.3) is 0 Å². The average molecular weight is 931 g/mol. The van der Waals surface area contributed by atoms with E-state index in [4.69, 9.17) is 19.0 Å². The van der Waals surface area contributed by atoms with Crippen molar-refractivity contribution in [3.63, 3.8) is 0 Å². The highest BCUT2D eigenvalue weighted by Gasteiger charge is 2.19. The summed E-state index contributed by atoms with van der Waals surface area (Å²) in [5.74, 6) is -0.532. The van der Waals surface area contributed by atoms with Gasteiger partial charge < -0.3 is 52.7 Å². The minimum absolute atomic E-state index is 0. The molecule has 0 N–H and O–H groups in total. The van der Waals surface area contributed by atoms with Crippen molar-refractivity contribution in [3.8, 4) is 0 Å². The van der Waals surface area contributed by atoms with Crippen LogP contribution in [0, 0.1) is 0 Å². The van der Waals surface area contributed by atoms with Crippen LogP contribution >= 0.6 is 0 Å². The molecular formula is C44H86Br2N2O8. The molecule has 12 heteroatoms. The molecular weight excluding hydrogens is 844 g/mol. The first-order valence-electron chi connectivity index (χ1n) is 22.1. The van der Waals surface area contributed by atoms with Crippen molar-refractivity contribution in [3.05, 3.63) is 0 Å². The maximum Gasteiger partial charge on any atom is 0.363 e. The van der Waals surface area contributed by atoms with Crippen LogP contribution < -0.4 is 34.0 Å². The van der Waals surface area contributed by atoms with Gasteiger partial charge >= 0.3 is 23.9 Å². The Labute approximate surface area is 364 Å². The lowest BCUT2D eigenvalue weighted by atomic mass is 10.1. The summed E-state index contributed by atoms with van der Waals surface area (Å²) in [5, 5.41) is 0. The number of quaternary nitrogens is 2. The molecule has 0 fully saturated rings. The fourth-order valence-corrected chi connectivity index (χ4v) is 6.77. The summed E-state index contributed by atoms with van der Waals surface area (Å²) < 4.78 is 17.1. The number of nitrogens with zero attached hydrogens (tertiary/aromatic N) is 2. The zero-order valence-corrected chi connectivity index (χ0v) is 40.1. The number of rotatable bonds is 39. The van der Waals surface area contributed by atoms with Crippen molar-refractivity contribution in [2.24, 2.45) is 0 Å². The molecule has 0 saturated carbocycles. The van der Waals surface area contributed by atoms with Crippen LogP contribution in [-0.2, 0) is 38.2 Å². The van der Waals surface area contributed by atoms with Gasteiger partial charge in [0.05, 0.1) is 33.9 Å². The number of likely N-dealkylation sites (N-methyl/N-ethyl adjacent to an activating group) is 1. The standard InChI is InChI=1S/C44H86N2O8.2BrH/c1-41(47)51-40-37-45(3,4)35-29-23-17-11-7-13-19-25-31-38-52-43(49)33-27-21-15-9-10-16-22-28-34-44(50)53-39-32-26-20-14-8-12-18-24-30-36-46(5,6)54-42(2)48;;/h7-40H2,1-6H3;2*1H/q+2;;/p-2. The van der Waals surface area contributed by atoms with Crippen molar-refractivity contribution in [2.75, 3.05) is 67.6 Å². The number of hydroxylamine groups is 3. The van der Waals surface area contributed by atoms with Crippen LogP contribution in [0.4, 0.5) is 0 Å². The smallest absolute Gasteiger partial charge is 0.363 e. The quantitative estimate of drug-likeness (QED) is 0.0298. The van der Waals surface area contributed by atoms with E-state index < -0.39 is 0 Å². The third-order valence-electron chi connectivity index (χ3n) is 10.2. The second-order valence-electron chi connectivity index (χ2n) is 16.7. The number of hydrogen-bond acceptors (Lipinski definition) is 8. The third-order valence-corrected chi connectivity index (χ3v) is 10.2. The first-order valence-corrected chi connectivity index (χ1v) is 22.1. The Hall–Kier alpha value is -1.24. The van der Waals surface area contributed by atoms with Crippen LogP contribution in [0.5, 0.6) is 0 Å². The molecule has 0 amide bonds. The largest absolute Gasteiger partial charge is 1.00 e. The number of carbonyl (C=O) groups excluding carboxylic acids is 4. The molecule has 56 heavy (non-hydrogen) atoms. The predicted molar refractivity (Wildman–Crippen MR) is 218 cm³/mol. The molecule has 0 aliphatic heterocycles. The highest BCUT2D eigenvalue weighted by molar-refractivity contribution is 5.69. The van der Waals surface area contributed by atoms with Gasteiger partial charge in [-0.15, -0.1) is 4.65 Å². The van der Waals surface area contributed by atoms with E-state index in [0.29, 0.717) is 37.3 Å². The van der Waals surface area contributed by atoms with E-state index in [2.05, 4.69) is 14.1 Å². The summed E-state index contributed by atoms with van der Waals surface area (Å²) in [7, 11) is 8.24. The molecule has 0 atom stereocenters. The molecule has 10 nitrogen and oxygen atoms in total. The molecule has 334 valence electrons. The topological polar surface area (TPSA) is 105 Å². The lowest BCUT2D eigenvalue weighted by molar-refractivity contribution is -1.06. The van der Waals surface area contributed by atoms with Gasteiger partial charge in [-0.1, -0.05) is 116 Å². The number of halogens is 2. The summed E-state index contributed by atoms with van der Waals surface area (Å²) in [4.78, 5) is 51.4. The van der Waals surface area contributed by atoms with Gasteiger partial charge in [0.15, 0.2) is 0 Å². The van der Waals surface area contributed by atoms with Crippen LogP contribution in [-0.4, -0.2) is 101 Å². The molecule has 0 aromatic heterocycles. The fourth-order valence-electron chi connectivity index (χ4n) is 6.77. The van der Waals surface area contributed by atoms with E-state index >= 15 is 0 Å². The summed E-state index contributed by atoms with van der Waals surface area (Å²) in [6.07, 6.45) is 31.1. The molecule has 0 saturated heterocycles. The van der Waals surface area contributed by atoms with Crippen molar-refractivity contribution < 1.29 is 81.3 Å². The van der Waals surface area contributed by atoms with Gasteiger partial charge in [0, 0.05) is 33.1 Å². The van der Waals surface area contributed by atoms with Gasteiger partial charge in [0.2, 0.25) is 0 Å². The zero-order valence-electron chi connectivity index (χ0n) is 37.0. The van der Waals surface area contributed by atoms with Gasteiger partial charge in [-0.3, -0.25) is 19.2 Å². The number of carbonyl (C=O) groups is 4. The Morgan fingerprint density at radius 2 is 0.679 bits per heavy atom. The average Bonchev–Trinajstić information content (AvgIpc) is 3.09. The normalized spacial score (nSPS) is 11.3. The molecule has 0 aromatic carbocycles. The van der Waals surface area contributed by atoms with Crippen LogP contribution in [0.2, 0.25) is 0 Å². The number of unbranched alkanes of at least 4 members (excludes halogenated alkanes) is 23. The summed E-state index contributed by atoms with van der Waals surface area (Å²) in [6.45, 7) is 7.37. The molecule has 0 heterocycles. The van der Waals surface area contributed by atoms with Crippen molar-refractivity contribution in [1.29, 1.82) is 0 Å². The molecule has 0 aliphatic rings. The summed E-state index contributed by atoms with van der Waals surface area (Å²) in [5.41, 5.74) is 0. The Balaban J connectivity index is -0.0000140. The fraction of sp³-hybridized carbons (Fsp3) is 0.909. The maximum atomic E-state index is 12.0. The lowest BCUT2D eigenvalue weighted by Crippen LogP contribution is -3.00. The second-order valence-corrected chi connectivity index (χ2v) is 16.7. The van der Waals surface area contributed by atoms with Gasteiger partial charge in [0.1, 0.15) is 33.8 Å². The molecule has 0 aromatic rings. The van der Waals surface area contributed by atoms with E-state index in [9.17, 15) is 19.2 Å². The summed E-state index contributed by atoms with van der Waals surface area (Å²) in [6, 6.07) is 0. The van der Waals surface area contributed by atoms with Crippen molar-refractivity contribution >= 4 is 23.9 Å². The van der Waals surface area contributed by atoms with Crippen molar-refractivity contribution in [1.82, 2.24) is 0 Å². The van der Waals surface area contributed by atoms with E-state index in [1.54, 1.807) is 0 Å². The van der Waals surface area contributed by atoms with Crippen LogP contribution in [0.15, 0.2) is 0 Å². The molecule has 0 spiro atoms. The molecule has 0 rings (SSSR count). The molecule has 0 bridgehead atoms. The second kappa shape index (κ2) is 40.5. The maximum absolute atomic E-state index is 12.0. The molecule has 0 aliphatic carbocycles. The Kier molecular flexibility index (Phi) is 42.8. The Morgan fingerprint density at radius 1 is 0.357 bits per heavy atom. The number of ether oxygens (including phenoxy) is 3. The monoisotopic (exact) mass is 928 g/mol. The van der Waals surface area contributed by atoms with Gasteiger partial charge in [-0.25, -0.2) is 4.79 Å². The SMILES string of the molecule is CC(=O)OCC[N+](C)(C)CCCCCCCCCCCOC(=O)CCCCCCCCCCC(=O)OCCCCCCCCCCC[N+](C)(C)OC(C)=O.[Br-].[Br-]. The third kappa shape index (κ3) is 45.5.